The van der Waals surface area contributed by atoms with Crippen LogP contribution in [0.4, 0.5) is 0 Å². The first kappa shape index (κ1) is 22.5. The number of nitrogens with one attached hydrogen (secondary N) is 2. The molecular weight excluding hydrogens is 485 g/mol. The highest BCUT2D eigenvalue weighted by Gasteiger charge is 2.22. The van der Waals surface area contributed by atoms with Gasteiger partial charge >= 0.3 is 0 Å². The van der Waals surface area contributed by atoms with Crippen molar-refractivity contribution in [1.29, 1.82) is 0 Å². The van der Waals surface area contributed by atoms with Gasteiger partial charge < -0.3 is 20.1 Å². The van der Waals surface area contributed by atoms with E-state index in [1.54, 1.807) is 12.2 Å². The van der Waals surface area contributed by atoms with E-state index in [1.807, 2.05) is 48.5 Å². The first-order valence-corrected chi connectivity index (χ1v) is 11.9. The Morgan fingerprint density at radius 3 is 1.38 bits per heavy atom. The maximum Gasteiger partial charge on any atom is 0.263 e. The summed E-state index contributed by atoms with van der Waals surface area (Å²) in [7, 11) is 0. The fraction of sp³-hybridized carbons (Fsp3) is 0.0909. The van der Waals surface area contributed by atoms with Gasteiger partial charge in [-0.25, -0.2) is 0 Å². The smallest absolute Gasteiger partial charge is 0.263 e. The number of carbonyl (C=O) groups is 2. The molecule has 10 heteroatoms. The molecule has 2 aliphatic rings. The van der Waals surface area contributed by atoms with Gasteiger partial charge in [-0.2, -0.15) is 0 Å². The quantitative estimate of drug-likeness (QED) is 0.334. The molecule has 0 bridgehead atoms. The van der Waals surface area contributed by atoms with E-state index in [4.69, 9.17) is 33.9 Å². The molecule has 6 nitrogen and oxygen atoms in total. The van der Waals surface area contributed by atoms with Crippen LogP contribution >= 0.6 is 48.0 Å². The predicted molar refractivity (Wildman–Crippen MR) is 136 cm³/mol. The topological polar surface area (TPSA) is 76.7 Å². The first-order valence-electron chi connectivity index (χ1n) is 9.42. The molecule has 0 radical (unpaired) electrons. The summed E-state index contributed by atoms with van der Waals surface area (Å²) < 4.78 is 12.4. The van der Waals surface area contributed by atoms with Crippen molar-refractivity contribution in [3.63, 3.8) is 0 Å². The minimum absolute atomic E-state index is 0.172. The lowest BCUT2D eigenvalue weighted by Gasteiger charge is -2.09. The molecular formula is C22H16N2O4S4. The number of carbonyl (C=O) groups excluding carboxylic acids is 2. The molecule has 0 spiro atoms. The van der Waals surface area contributed by atoms with Crippen LogP contribution in [0.1, 0.15) is 11.1 Å². The maximum atomic E-state index is 11.7. The molecule has 0 aliphatic carbocycles. The SMILES string of the molecule is O=C1NC(=S)S/C1=C/c1ccc(OCCOc2ccc(/C=C3/SC(=S)NC3=O)cc2)cc1. The summed E-state index contributed by atoms with van der Waals surface area (Å²) in [5, 5.41) is 5.19. The van der Waals surface area contributed by atoms with Crippen LogP contribution in [0.3, 0.4) is 0 Å². The average molecular weight is 501 g/mol. The molecule has 162 valence electrons. The van der Waals surface area contributed by atoms with Crippen molar-refractivity contribution in [2.75, 3.05) is 13.2 Å². The van der Waals surface area contributed by atoms with Gasteiger partial charge in [0, 0.05) is 0 Å². The third-order valence-corrected chi connectivity index (χ3v) is 6.59. The molecule has 2 aromatic rings. The molecule has 32 heavy (non-hydrogen) atoms. The molecule has 2 aliphatic heterocycles. The minimum atomic E-state index is -0.172. The van der Waals surface area contributed by atoms with Gasteiger partial charge in [0.2, 0.25) is 0 Å². The molecule has 0 saturated carbocycles. The van der Waals surface area contributed by atoms with Crippen LogP contribution in [-0.4, -0.2) is 33.7 Å². The third-order valence-electron chi connectivity index (χ3n) is 4.26. The van der Waals surface area contributed by atoms with E-state index in [0.717, 1.165) is 11.1 Å². The molecule has 2 aromatic carbocycles. The summed E-state index contributed by atoms with van der Waals surface area (Å²) in [6, 6.07) is 14.9. The van der Waals surface area contributed by atoms with Gasteiger partial charge in [-0.15, -0.1) is 0 Å². The van der Waals surface area contributed by atoms with Crippen molar-refractivity contribution in [3.8, 4) is 11.5 Å². The Kier molecular flexibility index (Phi) is 7.26. The summed E-state index contributed by atoms with van der Waals surface area (Å²) in [5.41, 5.74) is 1.78. The van der Waals surface area contributed by atoms with Crippen LogP contribution in [0.25, 0.3) is 12.2 Å². The second-order valence-corrected chi connectivity index (χ2v) is 9.98. The second kappa shape index (κ2) is 10.3. The first-order chi connectivity index (χ1) is 15.5. The Morgan fingerprint density at radius 2 is 1.06 bits per heavy atom. The number of thioether (sulfide) groups is 2. The Bertz CT molecular complexity index is 1050. The zero-order valence-electron chi connectivity index (χ0n) is 16.5. The van der Waals surface area contributed by atoms with Crippen LogP contribution < -0.4 is 20.1 Å². The fourth-order valence-corrected chi connectivity index (χ4v) is 4.87. The average Bonchev–Trinajstić information content (AvgIpc) is 3.26. The van der Waals surface area contributed by atoms with Gasteiger partial charge in [-0.3, -0.25) is 9.59 Å². The molecule has 2 saturated heterocycles. The van der Waals surface area contributed by atoms with E-state index < -0.39 is 0 Å². The van der Waals surface area contributed by atoms with E-state index in [-0.39, 0.29) is 11.8 Å². The third kappa shape index (κ3) is 5.98. The van der Waals surface area contributed by atoms with E-state index in [1.165, 1.54) is 23.5 Å². The molecule has 0 atom stereocenters. The lowest BCUT2D eigenvalue weighted by Crippen LogP contribution is -2.17. The van der Waals surface area contributed by atoms with Crippen LogP contribution in [0.2, 0.25) is 0 Å². The van der Waals surface area contributed by atoms with E-state index in [2.05, 4.69) is 10.6 Å². The van der Waals surface area contributed by atoms with Crippen molar-refractivity contribution in [2.24, 2.45) is 0 Å². The van der Waals surface area contributed by atoms with Gasteiger partial charge in [-0.1, -0.05) is 72.2 Å². The van der Waals surface area contributed by atoms with Crippen molar-refractivity contribution in [2.45, 2.75) is 0 Å². The van der Waals surface area contributed by atoms with Crippen molar-refractivity contribution in [1.82, 2.24) is 10.6 Å². The van der Waals surface area contributed by atoms with E-state index >= 15 is 0 Å². The second-order valence-electron chi connectivity index (χ2n) is 6.54. The monoisotopic (exact) mass is 500 g/mol. The van der Waals surface area contributed by atoms with Crippen molar-refractivity contribution in [3.05, 3.63) is 69.5 Å². The highest BCUT2D eigenvalue weighted by atomic mass is 32.2. The molecule has 2 N–H and O–H groups in total. The van der Waals surface area contributed by atoms with Crippen LogP contribution in [-0.2, 0) is 9.59 Å². The van der Waals surface area contributed by atoms with Gasteiger partial charge in [0.15, 0.2) is 0 Å². The van der Waals surface area contributed by atoms with E-state index in [9.17, 15) is 9.59 Å². The number of rotatable bonds is 7. The van der Waals surface area contributed by atoms with Gasteiger partial charge in [-0.05, 0) is 47.5 Å². The molecule has 0 unspecified atom stereocenters. The van der Waals surface area contributed by atoms with Gasteiger partial charge in [0.1, 0.15) is 33.4 Å². The van der Waals surface area contributed by atoms with Gasteiger partial charge in [0.05, 0.1) is 9.81 Å². The summed E-state index contributed by atoms with van der Waals surface area (Å²) in [5.74, 6) is 1.08. The fourth-order valence-electron chi connectivity index (χ4n) is 2.78. The summed E-state index contributed by atoms with van der Waals surface area (Å²) >= 11 is 12.5. The summed E-state index contributed by atoms with van der Waals surface area (Å²) in [4.78, 5) is 24.6. The number of thiocarbonyl (C=S) groups is 2. The Hall–Kier alpha value is -2.66. The predicted octanol–water partition coefficient (Wildman–Crippen LogP) is 4.12. The van der Waals surface area contributed by atoms with Crippen LogP contribution in [0.5, 0.6) is 11.5 Å². The van der Waals surface area contributed by atoms with Crippen LogP contribution in [0, 0.1) is 0 Å². The molecule has 2 fully saturated rings. The summed E-state index contributed by atoms with van der Waals surface area (Å²) in [6.45, 7) is 0.764. The zero-order chi connectivity index (χ0) is 22.5. The number of hydrogen-bond acceptors (Lipinski definition) is 8. The molecule has 2 heterocycles. The Balaban J connectivity index is 1.23. The number of ether oxygens (including phenoxy) is 2. The lowest BCUT2D eigenvalue weighted by atomic mass is 10.2. The Labute approximate surface area is 203 Å². The number of amides is 2. The number of benzene rings is 2. The highest BCUT2D eigenvalue weighted by molar-refractivity contribution is 8.27. The van der Waals surface area contributed by atoms with Gasteiger partial charge in [0.25, 0.3) is 11.8 Å². The zero-order valence-corrected chi connectivity index (χ0v) is 19.7. The van der Waals surface area contributed by atoms with E-state index in [0.29, 0.717) is 43.2 Å². The molecule has 2 amide bonds. The lowest BCUT2D eigenvalue weighted by molar-refractivity contribution is -0.116. The van der Waals surface area contributed by atoms with Crippen molar-refractivity contribution >= 4 is 80.6 Å². The molecule has 4 rings (SSSR count). The standard InChI is InChI=1S/C22H16N2O4S4/c25-19-17(31-21(29)23-19)11-13-1-5-15(6-2-13)27-9-10-28-16-7-3-14(4-8-16)12-18-20(26)24-22(30)32-18/h1-8,11-12H,9-10H2,(H,23,25,29)(H,24,26,30)/b17-11+,18-12+. The maximum absolute atomic E-state index is 11.7. The summed E-state index contributed by atoms with van der Waals surface area (Å²) in [6.07, 6.45) is 3.58. The van der Waals surface area contributed by atoms with Crippen molar-refractivity contribution < 1.29 is 19.1 Å². The van der Waals surface area contributed by atoms with Crippen LogP contribution in [0.15, 0.2) is 58.3 Å². The largest absolute Gasteiger partial charge is 0.490 e. The molecule has 0 aromatic heterocycles. The number of hydrogen-bond donors (Lipinski definition) is 2. The minimum Gasteiger partial charge on any atom is -0.490 e. The normalized spacial score (nSPS) is 18.2. The highest BCUT2D eigenvalue weighted by Crippen LogP contribution is 2.27. The Morgan fingerprint density at radius 1 is 0.688 bits per heavy atom.